The summed E-state index contributed by atoms with van der Waals surface area (Å²) < 4.78 is 24.0. The van der Waals surface area contributed by atoms with Crippen LogP contribution in [0.25, 0.3) is 0 Å². The number of Topliss-reactive ketones (excluding diaryl/α,β-unsaturated/α-hetero) is 2. The number of carbonyl (C=O) groups excluding carboxylic acids is 4. The number of aliphatic hydroxyl groups is 2. The van der Waals surface area contributed by atoms with E-state index in [0.717, 1.165) is 51.0 Å². The number of aliphatic imine (C=N–C) groups is 1. The number of aliphatic hydroxyl groups excluding tert-OH is 2. The maximum Gasteiger partial charge on any atom is 0.312 e. The Labute approximate surface area is 487 Å². The number of hydrogen-bond donors (Lipinski definition) is 9. The Bertz CT molecular complexity index is 3050. The summed E-state index contributed by atoms with van der Waals surface area (Å²) in [7, 11) is 1.46. The molecule has 19 nitrogen and oxygen atoms in total. The van der Waals surface area contributed by atoms with E-state index in [-0.39, 0.29) is 62.2 Å². The van der Waals surface area contributed by atoms with Crippen LogP contribution in [0.2, 0.25) is 0 Å². The molecule has 1 spiro atoms. The van der Waals surface area contributed by atoms with E-state index in [9.17, 15) is 49.8 Å². The van der Waals surface area contributed by atoms with Crippen LogP contribution in [-0.4, -0.2) is 140 Å². The van der Waals surface area contributed by atoms with Crippen molar-refractivity contribution in [3.05, 3.63) is 123 Å². The van der Waals surface area contributed by atoms with E-state index in [0.29, 0.717) is 30.6 Å². The summed E-state index contributed by atoms with van der Waals surface area (Å²) in [6, 6.07) is 12.6. The fourth-order valence-electron chi connectivity index (χ4n) is 11.6. The number of rotatable bonds is 11. The van der Waals surface area contributed by atoms with Gasteiger partial charge in [-0.1, -0.05) is 78.0 Å². The quantitative estimate of drug-likeness (QED) is 0.0661. The first kappa shape index (κ1) is 63.5. The van der Waals surface area contributed by atoms with Gasteiger partial charge in [-0.05, 0) is 94.0 Å². The average Bonchev–Trinajstić information content (AvgIpc) is 4.14. The number of fused-ring (bicyclic) bond motifs is 3. The molecule has 0 saturated carbocycles. The van der Waals surface area contributed by atoms with Crippen LogP contribution < -0.4 is 20.7 Å². The van der Waals surface area contributed by atoms with E-state index >= 15 is 0 Å². The standard InChI is InChI=1S/C46H62N4O11.C18H23NO3/c1-22(2)21-50-18-16-46(17-19-50)48-34-31-32-39(54)28(8)42-33(31)43(56)45(10,61-42)59-20-15-30(58-11)25(5)41(60-29(9)51)27(7)38(53)26(6)37(52)23(3)13-12-14-24(4)44(57)47-36(40(32)55)35(34)49-46;1-13(2-3-14-4-7-16(20)8-5-14)19-11-10-15-6-9-17(21)18(22)12-15/h12-15,20,22-23,25-27,30,37-38,41,49,52-54H,16-19,21H2,1-11H3,(H,47,57);4-9,12-13,19-22H,2-3,10-11H2,1H3/b13-12+,20-15+,24-14-;/t23-,25+,26+,27+,30-,37-,38+,41+,45-;/m0./s1. The van der Waals surface area contributed by atoms with E-state index in [1.54, 1.807) is 77.1 Å². The number of piperidine rings is 1. The van der Waals surface area contributed by atoms with Gasteiger partial charge in [-0.2, -0.15) is 0 Å². The van der Waals surface area contributed by atoms with Gasteiger partial charge in [0.2, 0.25) is 5.78 Å². The lowest BCUT2D eigenvalue weighted by Crippen LogP contribution is -2.50. The number of phenols is 4. The molecule has 1 fully saturated rings. The van der Waals surface area contributed by atoms with Crippen LogP contribution in [0.5, 0.6) is 28.7 Å². The van der Waals surface area contributed by atoms with E-state index in [1.165, 1.54) is 45.8 Å². The van der Waals surface area contributed by atoms with Crippen molar-refractivity contribution in [2.75, 3.05) is 33.3 Å². The number of aryl methyl sites for hydroxylation is 1. The Balaban J connectivity index is 0.000000376. The molecule has 3 aromatic rings. The fourth-order valence-corrected chi connectivity index (χ4v) is 11.6. The third-order valence-electron chi connectivity index (χ3n) is 16.7. The highest BCUT2D eigenvalue weighted by Gasteiger charge is 2.54. The molecule has 9 N–H and O–H groups in total. The van der Waals surface area contributed by atoms with Gasteiger partial charge in [-0.25, -0.2) is 0 Å². The number of methoxy groups -OCH3 is 1. The number of nitrogens with zero attached hydrogens (tertiary/aromatic N) is 2. The van der Waals surface area contributed by atoms with Crippen LogP contribution >= 0.6 is 0 Å². The topological polar surface area (TPSA) is 278 Å². The number of esters is 1. The minimum atomic E-state index is -1.97. The zero-order chi connectivity index (χ0) is 60.8. The Morgan fingerprint density at radius 1 is 0.855 bits per heavy atom. The van der Waals surface area contributed by atoms with Gasteiger partial charge in [0.1, 0.15) is 34.7 Å². The number of amides is 1. The van der Waals surface area contributed by atoms with Crippen LogP contribution in [0, 0.1) is 36.5 Å². The third kappa shape index (κ3) is 14.3. The summed E-state index contributed by atoms with van der Waals surface area (Å²) in [6.07, 6.45) is 7.85. The summed E-state index contributed by atoms with van der Waals surface area (Å²) in [5, 5.41) is 72.5. The van der Waals surface area contributed by atoms with Crippen LogP contribution in [0.15, 0.2) is 95.0 Å². The van der Waals surface area contributed by atoms with Gasteiger partial charge in [0.25, 0.3) is 11.7 Å². The van der Waals surface area contributed by atoms with Crippen LogP contribution in [0.3, 0.4) is 0 Å². The second-order valence-corrected chi connectivity index (χ2v) is 23.7. The number of phenolic OH excluding ortho intramolecular Hbond substituents is 4. The van der Waals surface area contributed by atoms with Gasteiger partial charge in [0.05, 0.1) is 47.1 Å². The number of likely N-dealkylation sites (tertiary alicyclic amines) is 1. The molecule has 4 aliphatic heterocycles. The van der Waals surface area contributed by atoms with Gasteiger partial charge in [0, 0.05) is 99.8 Å². The van der Waals surface area contributed by atoms with Crippen molar-refractivity contribution in [1.29, 1.82) is 0 Å². The molecule has 1 amide bonds. The number of ketones is 2. The van der Waals surface area contributed by atoms with Gasteiger partial charge >= 0.3 is 11.8 Å². The highest BCUT2D eigenvalue weighted by molar-refractivity contribution is 6.34. The van der Waals surface area contributed by atoms with Crippen molar-refractivity contribution < 1.29 is 68.8 Å². The molecule has 1 unspecified atom stereocenters. The summed E-state index contributed by atoms with van der Waals surface area (Å²) >= 11 is 0. The summed E-state index contributed by atoms with van der Waals surface area (Å²) in [6.45, 7) is 22.5. The summed E-state index contributed by atoms with van der Waals surface area (Å²) in [4.78, 5) is 63.3. The molecule has 5 bridgehead atoms. The highest BCUT2D eigenvalue weighted by atomic mass is 16.7. The maximum absolute atomic E-state index is 14.7. The molecular formula is C64H85N5O14. The smallest absolute Gasteiger partial charge is 0.312 e. The molecule has 19 heteroatoms. The molecule has 1 saturated heterocycles. The van der Waals surface area contributed by atoms with E-state index < -0.39 is 88.7 Å². The second kappa shape index (κ2) is 26.7. The minimum absolute atomic E-state index is 0.0164. The molecule has 450 valence electrons. The average molecular weight is 1150 g/mol. The molecule has 0 aromatic heterocycles. The van der Waals surface area contributed by atoms with Crippen LogP contribution in [-0.2, 0) is 36.6 Å². The number of nitrogens with one attached hydrogen (secondary N) is 3. The molecule has 83 heavy (non-hydrogen) atoms. The Morgan fingerprint density at radius 3 is 2.17 bits per heavy atom. The molecule has 3 aromatic carbocycles. The summed E-state index contributed by atoms with van der Waals surface area (Å²) in [5.74, 6) is -6.64. The van der Waals surface area contributed by atoms with E-state index in [1.807, 2.05) is 18.2 Å². The number of benzene rings is 3. The number of carbonyl (C=O) groups is 4. The zero-order valence-electron chi connectivity index (χ0n) is 49.9. The van der Waals surface area contributed by atoms with Crippen molar-refractivity contribution in [1.82, 2.24) is 20.9 Å². The molecule has 4 heterocycles. The Morgan fingerprint density at radius 2 is 1.53 bits per heavy atom. The van der Waals surface area contributed by atoms with Crippen molar-refractivity contribution in [3.63, 3.8) is 0 Å². The van der Waals surface area contributed by atoms with Gasteiger partial charge in [-0.3, -0.25) is 24.2 Å². The first-order valence-corrected chi connectivity index (χ1v) is 28.8. The summed E-state index contributed by atoms with van der Waals surface area (Å²) in [5.41, 5.74) is 2.02. The second-order valence-electron chi connectivity index (χ2n) is 23.7. The van der Waals surface area contributed by atoms with Crippen molar-refractivity contribution >= 4 is 29.2 Å². The van der Waals surface area contributed by atoms with Gasteiger partial charge in [-0.15, -0.1) is 0 Å². The number of allylic oxidation sites excluding steroid dienone is 4. The lowest BCUT2D eigenvalue weighted by Gasteiger charge is -2.38. The van der Waals surface area contributed by atoms with Gasteiger partial charge in [0.15, 0.2) is 11.5 Å². The number of aromatic hydroxyl groups is 4. The van der Waals surface area contributed by atoms with Crippen molar-refractivity contribution in [2.45, 2.75) is 150 Å². The molecule has 0 radical (unpaired) electrons. The predicted octanol–water partition coefficient (Wildman–Crippen LogP) is 7.57. The number of hydrogen-bond acceptors (Lipinski definition) is 18. The van der Waals surface area contributed by atoms with Crippen molar-refractivity contribution in [2.24, 2.45) is 34.6 Å². The largest absolute Gasteiger partial charge is 0.508 e. The molecule has 10 atom stereocenters. The SMILES string of the molecule is CC(CCc1ccc(O)cc1)NCCc1ccc(O)c(O)c1.CO[C@H]1/C=C/O[C@@]2(C)Oc3c(C)c(O)c4c(c3C2=O)C2=NC3(CCN(CC(C)C)CC3)NC2=C(NC(=O)/C(C)=C\C=C\[C@H](C)[C@H](O)[C@@H](C)[C@@H](O)[C@@H](C)[C@H](OC(C)=O)[C@@H]1C)C4=O. The van der Waals surface area contributed by atoms with E-state index in [2.05, 4.69) is 41.6 Å². The molecule has 1 aliphatic carbocycles. The minimum Gasteiger partial charge on any atom is -0.508 e. The van der Waals surface area contributed by atoms with Crippen molar-refractivity contribution in [3.8, 4) is 28.7 Å². The Kier molecular flexibility index (Phi) is 20.4. The maximum atomic E-state index is 14.7. The highest BCUT2D eigenvalue weighted by Crippen LogP contribution is 2.50. The normalized spacial score (nSPS) is 28.1. The first-order valence-electron chi connectivity index (χ1n) is 28.8. The third-order valence-corrected chi connectivity index (χ3v) is 16.7. The zero-order valence-corrected chi connectivity index (χ0v) is 49.9. The predicted molar refractivity (Wildman–Crippen MR) is 314 cm³/mol. The monoisotopic (exact) mass is 1150 g/mol. The molecule has 5 aliphatic rings. The molecule has 8 rings (SSSR count). The lowest BCUT2D eigenvalue weighted by atomic mass is 9.78. The fraction of sp³-hybridized carbons (Fsp3) is 0.516. The van der Waals surface area contributed by atoms with Crippen LogP contribution in [0.4, 0.5) is 0 Å². The lowest BCUT2D eigenvalue weighted by molar-refractivity contribution is -0.160. The first-order chi connectivity index (χ1) is 39.2. The number of ether oxygens (including phenoxy) is 4. The van der Waals surface area contributed by atoms with Crippen LogP contribution in [0.1, 0.15) is 131 Å². The Hall–Kier alpha value is -7.03. The molecular weight excluding hydrogens is 1060 g/mol. The van der Waals surface area contributed by atoms with Gasteiger partial charge < -0.3 is 70.4 Å². The van der Waals surface area contributed by atoms with E-state index in [4.69, 9.17) is 23.9 Å².